The Bertz CT molecular complexity index is 309. The Labute approximate surface area is 89.4 Å². The number of aromatic nitrogens is 3. The number of hydrogen-bond donors (Lipinski definition) is 0. The molecule has 1 heterocycles. The average Bonchev–Trinajstić information content (AvgIpc) is 2.65. The zero-order chi connectivity index (χ0) is 11.1. The Morgan fingerprint density at radius 1 is 1.53 bits per heavy atom. The van der Waals surface area contributed by atoms with Gasteiger partial charge >= 0.3 is 0 Å². The van der Waals surface area contributed by atoms with Gasteiger partial charge in [-0.2, -0.15) is 0 Å². The van der Waals surface area contributed by atoms with Crippen molar-refractivity contribution in [3.63, 3.8) is 0 Å². The molecule has 0 aliphatic heterocycles. The van der Waals surface area contributed by atoms with Crippen LogP contribution in [0.5, 0.6) is 0 Å². The van der Waals surface area contributed by atoms with E-state index in [1.165, 1.54) is 0 Å². The molecule has 0 saturated carbocycles. The van der Waals surface area contributed by atoms with E-state index in [4.69, 9.17) is 4.74 Å². The summed E-state index contributed by atoms with van der Waals surface area (Å²) in [6.07, 6.45) is 3.15. The Kier molecular flexibility index (Phi) is 4.97. The summed E-state index contributed by atoms with van der Waals surface area (Å²) in [6, 6.07) is 0. The molecule has 0 fully saturated rings. The van der Waals surface area contributed by atoms with Gasteiger partial charge in [-0.3, -0.25) is 9.48 Å². The van der Waals surface area contributed by atoms with Gasteiger partial charge in [0, 0.05) is 25.6 Å². The predicted molar refractivity (Wildman–Crippen MR) is 55.5 cm³/mol. The van der Waals surface area contributed by atoms with Crippen LogP contribution >= 0.6 is 0 Å². The highest BCUT2D eigenvalue weighted by Crippen LogP contribution is 1.95. The highest BCUT2D eigenvalue weighted by molar-refractivity contribution is 5.75. The quantitative estimate of drug-likeness (QED) is 0.627. The van der Waals surface area contributed by atoms with Crippen LogP contribution in [-0.2, 0) is 22.5 Å². The molecule has 0 aromatic carbocycles. The summed E-state index contributed by atoms with van der Waals surface area (Å²) < 4.78 is 7.08. The molecule has 0 atom stereocenters. The van der Waals surface area contributed by atoms with E-state index in [0.29, 0.717) is 19.6 Å². The van der Waals surface area contributed by atoms with E-state index >= 15 is 0 Å². The van der Waals surface area contributed by atoms with Crippen LogP contribution in [0.15, 0.2) is 6.20 Å². The monoisotopic (exact) mass is 211 g/mol. The van der Waals surface area contributed by atoms with E-state index in [1.54, 1.807) is 11.6 Å². The first-order valence-corrected chi connectivity index (χ1v) is 5.18. The molecule has 0 aliphatic rings. The number of hydrogen-bond acceptors (Lipinski definition) is 4. The van der Waals surface area contributed by atoms with Crippen molar-refractivity contribution in [2.75, 3.05) is 13.2 Å². The van der Waals surface area contributed by atoms with Crippen molar-refractivity contribution >= 4 is 5.78 Å². The molecule has 0 N–H and O–H groups in total. The van der Waals surface area contributed by atoms with Crippen LogP contribution in [0.1, 0.15) is 26.0 Å². The van der Waals surface area contributed by atoms with Crippen LogP contribution in [0.3, 0.4) is 0 Å². The third kappa shape index (κ3) is 4.69. The van der Waals surface area contributed by atoms with Crippen molar-refractivity contribution in [1.82, 2.24) is 15.0 Å². The number of carbonyl (C=O) groups excluding carboxylic acids is 1. The SMILES string of the molecule is CCn1cc(CCOCCC(C)=O)nn1. The zero-order valence-corrected chi connectivity index (χ0v) is 9.27. The second-order valence-corrected chi connectivity index (χ2v) is 3.38. The van der Waals surface area contributed by atoms with Crippen molar-refractivity contribution in [3.05, 3.63) is 11.9 Å². The molecule has 1 aromatic rings. The summed E-state index contributed by atoms with van der Waals surface area (Å²) in [5.74, 6) is 0.159. The van der Waals surface area contributed by atoms with Crippen LogP contribution in [0.2, 0.25) is 0 Å². The maximum Gasteiger partial charge on any atom is 0.132 e. The Morgan fingerprint density at radius 2 is 2.33 bits per heavy atom. The summed E-state index contributed by atoms with van der Waals surface area (Å²) in [5, 5.41) is 7.90. The molecule has 1 rings (SSSR count). The van der Waals surface area contributed by atoms with Crippen LogP contribution in [0.25, 0.3) is 0 Å². The number of ketones is 1. The summed E-state index contributed by atoms with van der Waals surface area (Å²) in [5.41, 5.74) is 0.930. The number of ether oxygens (including phenoxy) is 1. The van der Waals surface area contributed by atoms with Crippen LogP contribution < -0.4 is 0 Å². The number of aryl methyl sites for hydroxylation is 1. The lowest BCUT2D eigenvalue weighted by atomic mass is 10.3. The summed E-state index contributed by atoms with van der Waals surface area (Å²) in [7, 11) is 0. The highest BCUT2D eigenvalue weighted by atomic mass is 16.5. The van der Waals surface area contributed by atoms with Gasteiger partial charge in [-0.25, -0.2) is 0 Å². The second-order valence-electron chi connectivity index (χ2n) is 3.38. The molecule has 0 radical (unpaired) electrons. The summed E-state index contributed by atoms with van der Waals surface area (Å²) in [4.78, 5) is 10.6. The van der Waals surface area contributed by atoms with Gasteiger partial charge in [0.2, 0.25) is 0 Å². The van der Waals surface area contributed by atoms with Gasteiger partial charge in [0.1, 0.15) is 5.78 Å². The molecule has 0 bridgehead atoms. The van der Waals surface area contributed by atoms with Gasteiger partial charge in [0.25, 0.3) is 0 Å². The maximum absolute atomic E-state index is 10.6. The molecule has 15 heavy (non-hydrogen) atoms. The summed E-state index contributed by atoms with van der Waals surface area (Å²) in [6.45, 7) is 5.50. The molecule has 5 nitrogen and oxygen atoms in total. The molecule has 0 aliphatic carbocycles. The summed E-state index contributed by atoms with van der Waals surface area (Å²) >= 11 is 0. The van der Waals surface area contributed by atoms with Gasteiger partial charge in [0.05, 0.1) is 18.9 Å². The van der Waals surface area contributed by atoms with Crippen LogP contribution in [0.4, 0.5) is 0 Å². The first-order valence-electron chi connectivity index (χ1n) is 5.18. The number of Topliss-reactive ketones (excluding diaryl/α,β-unsaturated/α-hetero) is 1. The first kappa shape index (κ1) is 11.8. The molecular weight excluding hydrogens is 194 g/mol. The molecule has 0 saturated heterocycles. The van der Waals surface area contributed by atoms with Gasteiger partial charge < -0.3 is 4.74 Å². The smallest absolute Gasteiger partial charge is 0.132 e. The number of rotatable bonds is 7. The van der Waals surface area contributed by atoms with Crippen molar-refractivity contribution in [2.45, 2.75) is 33.2 Å². The van der Waals surface area contributed by atoms with Crippen molar-refractivity contribution in [1.29, 1.82) is 0 Å². The third-order valence-electron chi connectivity index (χ3n) is 2.01. The third-order valence-corrected chi connectivity index (χ3v) is 2.01. The fraction of sp³-hybridized carbons (Fsp3) is 0.700. The minimum atomic E-state index is 0.159. The fourth-order valence-corrected chi connectivity index (χ4v) is 1.10. The minimum absolute atomic E-state index is 0.159. The van der Waals surface area contributed by atoms with Crippen LogP contribution in [-0.4, -0.2) is 34.0 Å². The van der Waals surface area contributed by atoms with E-state index in [-0.39, 0.29) is 5.78 Å². The number of carbonyl (C=O) groups is 1. The molecule has 5 heteroatoms. The average molecular weight is 211 g/mol. The van der Waals surface area contributed by atoms with Gasteiger partial charge in [-0.05, 0) is 13.8 Å². The Morgan fingerprint density at radius 3 is 2.93 bits per heavy atom. The fourth-order valence-electron chi connectivity index (χ4n) is 1.10. The maximum atomic E-state index is 10.6. The second kappa shape index (κ2) is 6.29. The Balaban J connectivity index is 2.12. The van der Waals surface area contributed by atoms with Crippen molar-refractivity contribution < 1.29 is 9.53 Å². The lowest BCUT2D eigenvalue weighted by Gasteiger charge is -1.99. The van der Waals surface area contributed by atoms with E-state index < -0.39 is 0 Å². The molecule has 1 aromatic heterocycles. The minimum Gasteiger partial charge on any atom is -0.381 e. The van der Waals surface area contributed by atoms with Gasteiger partial charge in [-0.1, -0.05) is 5.21 Å². The molecule has 0 unspecified atom stereocenters. The zero-order valence-electron chi connectivity index (χ0n) is 9.27. The molecule has 84 valence electrons. The van der Waals surface area contributed by atoms with E-state index in [9.17, 15) is 4.79 Å². The van der Waals surface area contributed by atoms with Crippen molar-refractivity contribution in [3.8, 4) is 0 Å². The van der Waals surface area contributed by atoms with Crippen molar-refractivity contribution in [2.24, 2.45) is 0 Å². The highest BCUT2D eigenvalue weighted by Gasteiger charge is 1.99. The van der Waals surface area contributed by atoms with Crippen LogP contribution in [0, 0.1) is 0 Å². The van der Waals surface area contributed by atoms with E-state index in [2.05, 4.69) is 10.3 Å². The predicted octanol–water partition coefficient (Wildman–Crippen LogP) is 0.836. The molecule has 0 amide bonds. The first-order chi connectivity index (χ1) is 7.22. The lowest BCUT2D eigenvalue weighted by molar-refractivity contribution is -0.118. The van der Waals surface area contributed by atoms with Gasteiger partial charge in [0.15, 0.2) is 0 Å². The molecular formula is C10H17N3O2. The molecule has 0 spiro atoms. The lowest BCUT2D eigenvalue weighted by Crippen LogP contribution is -2.03. The van der Waals surface area contributed by atoms with E-state index in [0.717, 1.165) is 18.7 Å². The largest absolute Gasteiger partial charge is 0.381 e. The number of nitrogens with zero attached hydrogens (tertiary/aromatic N) is 3. The van der Waals surface area contributed by atoms with Gasteiger partial charge in [-0.15, -0.1) is 5.10 Å². The normalized spacial score (nSPS) is 10.5. The standard InChI is InChI=1S/C10H17N3O2/c1-3-13-8-10(11-12-13)5-7-15-6-4-9(2)14/h8H,3-7H2,1-2H3. The Hall–Kier alpha value is -1.23. The topological polar surface area (TPSA) is 57.0 Å². The van der Waals surface area contributed by atoms with E-state index in [1.807, 2.05) is 13.1 Å².